The van der Waals surface area contributed by atoms with E-state index in [4.69, 9.17) is 0 Å². The zero-order valence-electron chi connectivity index (χ0n) is 9.56. The molecule has 0 amide bonds. The minimum atomic E-state index is 0.538. The number of thiophene rings is 1. The molecule has 4 heteroatoms. The van der Waals surface area contributed by atoms with Gasteiger partial charge in [0.05, 0.1) is 5.01 Å². The van der Waals surface area contributed by atoms with Gasteiger partial charge in [-0.2, -0.15) is 0 Å². The van der Waals surface area contributed by atoms with Gasteiger partial charge in [0.2, 0.25) is 0 Å². The van der Waals surface area contributed by atoms with E-state index in [1.54, 1.807) is 11.3 Å². The molecule has 2 heterocycles. The van der Waals surface area contributed by atoms with Crippen molar-refractivity contribution >= 4 is 22.7 Å². The van der Waals surface area contributed by atoms with E-state index in [-0.39, 0.29) is 0 Å². The highest BCUT2D eigenvalue weighted by atomic mass is 32.1. The summed E-state index contributed by atoms with van der Waals surface area (Å²) in [5.74, 6) is 0.538. The molecule has 0 aliphatic carbocycles. The average Bonchev–Trinajstić information content (AvgIpc) is 2.87. The van der Waals surface area contributed by atoms with Crippen molar-refractivity contribution in [2.24, 2.45) is 0 Å². The lowest BCUT2D eigenvalue weighted by Gasteiger charge is -2.00. The van der Waals surface area contributed by atoms with E-state index in [0.29, 0.717) is 5.92 Å². The standard InChI is InChI=1S/C12H16N2S2/c1-9(2)12-14-8-11(16-12)7-13-6-10-4-3-5-15-10/h3-5,8-9,13H,6-7H2,1-2H3. The van der Waals surface area contributed by atoms with Gasteiger partial charge in [-0.3, -0.25) is 0 Å². The average molecular weight is 252 g/mol. The highest BCUT2D eigenvalue weighted by Crippen LogP contribution is 2.20. The second-order valence-corrected chi connectivity index (χ2v) is 6.18. The van der Waals surface area contributed by atoms with E-state index < -0.39 is 0 Å². The number of nitrogens with one attached hydrogen (secondary N) is 1. The Balaban J connectivity index is 1.81. The van der Waals surface area contributed by atoms with Crippen molar-refractivity contribution in [3.05, 3.63) is 38.5 Å². The number of aromatic nitrogens is 1. The molecule has 0 unspecified atom stereocenters. The van der Waals surface area contributed by atoms with Crippen LogP contribution in [-0.2, 0) is 13.1 Å². The second-order valence-electron chi connectivity index (χ2n) is 4.00. The van der Waals surface area contributed by atoms with E-state index in [9.17, 15) is 0 Å². The molecule has 0 aromatic carbocycles. The highest BCUT2D eigenvalue weighted by molar-refractivity contribution is 7.11. The third-order valence-electron chi connectivity index (χ3n) is 2.24. The molecule has 86 valence electrons. The molecule has 1 N–H and O–H groups in total. The lowest BCUT2D eigenvalue weighted by molar-refractivity contribution is 0.708. The molecule has 0 radical (unpaired) electrons. The van der Waals surface area contributed by atoms with Crippen LogP contribution < -0.4 is 5.32 Å². The van der Waals surface area contributed by atoms with E-state index in [1.807, 2.05) is 17.5 Å². The minimum absolute atomic E-state index is 0.538. The number of hydrogen-bond donors (Lipinski definition) is 1. The van der Waals surface area contributed by atoms with Crippen LogP contribution in [0.5, 0.6) is 0 Å². The molecular weight excluding hydrogens is 236 g/mol. The van der Waals surface area contributed by atoms with E-state index in [2.05, 4.69) is 41.7 Å². The van der Waals surface area contributed by atoms with Gasteiger partial charge in [0.15, 0.2) is 0 Å². The van der Waals surface area contributed by atoms with Crippen LogP contribution in [0.3, 0.4) is 0 Å². The van der Waals surface area contributed by atoms with Crippen LogP contribution in [0.4, 0.5) is 0 Å². The summed E-state index contributed by atoms with van der Waals surface area (Å²) in [6, 6.07) is 4.25. The van der Waals surface area contributed by atoms with Crippen LogP contribution in [0, 0.1) is 0 Å². The summed E-state index contributed by atoms with van der Waals surface area (Å²) in [4.78, 5) is 7.12. The summed E-state index contributed by atoms with van der Waals surface area (Å²) in [7, 11) is 0. The van der Waals surface area contributed by atoms with Crippen molar-refractivity contribution in [1.29, 1.82) is 0 Å². The van der Waals surface area contributed by atoms with Crippen LogP contribution >= 0.6 is 22.7 Å². The Morgan fingerprint density at radius 2 is 2.12 bits per heavy atom. The summed E-state index contributed by atoms with van der Waals surface area (Å²) in [6.45, 7) is 6.23. The number of nitrogens with zero attached hydrogens (tertiary/aromatic N) is 1. The summed E-state index contributed by atoms with van der Waals surface area (Å²) >= 11 is 3.60. The lowest BCUT2D eigenvalue weighted by atomic mass is 10.2. The van der Waals surface area contributed by atoms with E-state index in [0.717, 1.165) is 13.1 Å². The van der Waals surface area contributed by atoms with E-state index >= 15 is 0 Å². The Labute approximate surface area is 104 Å². The van der Waals surface area contributed by atoms with Crippen LogP contribution in [-0.4, -0.2) is 4.98 Å². The van der Waals surface area contributed by atoms with E-state index in [1.165, 1.54) is 14.8 Å². The predicted octanol–water partition coefficient (Wildman–Crippen LogP) is 3.62. The van der Waals surface area contributed by atoms with Crippen molar-refractivity contribution in [2.45, 2.75) is 32.9 Å². The zero-order chi connectivity index (χ0) is 11.4. The van der Waals surface area contributed by atoms with Crippen molar-refractivity contribution in [2.75, 3.05) is 0 Å². The maximum Gasteiger partial charge on any atom is 0.0953 e. The van der Waals surface area contributed by atoms with Gasteiger partial charge in [0.1, 0.15) is 0 Å². The Bertz CT molecular complexity index is 418. The molecule has 16 heavy (non-hydrogen) atoms. The SMILES string of the molecule is CC(C)c1ncc(CNCc2cccs2)s1. The lowest BCUT2D eigenvalue weighted by Crippen LogP contribution is -2.10. The Hall–Kier alpha value is -0.710. The Morgan fingerprint density at radius 3 is 2.75 bits per heavy atom. The van der Waals surface area contributed by atoms with Gasteiger partial charge in [-0.05, 0) is 11.4 Å². The third kappa shape index (κ3) is 3.14. The fraction of sp³-hybridized carbons (Fsp3) is 0.417. The van der Waals surface area contributed by atoms with Gasteiger partial charge in [-0.25, -0.2) is 4.98 Å². The fourth-order valence-electron chi connectivity index (χ4n) is 1.39. The maximum atomic E-state index is 4.41. The highest BCUT2D eigenvalue weighted by Gasteiger charge is 2.05. The summed E-state index contributed by atoms with van der Waals surface area (Å²) in [6.07, 6.45) is 1.99. The molecule has 0 aliphatic heterocycles. The van der Waals surface area contributed by atoms with Crippen LogP contribution in [0.25, 0.3) is 0 Å². The van der Waals surface area contributed by atoms with Gasteiger partial charge in [0.25, 0.3) is 0 Å². The third-order valence-corrected chi connectivity index (χ3v) is 4.42. The van der Waals surface area contributed by atoms with Gasteiger partial charge in [-0.15, -0.1) is 22.7 Å². The van der Waals surface area contributed by atoms with Gasteiger partial charge >= 0.3 is 0 Å². The van der Waals surface area contributed by atoms with Crippen molar-refractivity contribution in [3.8, 4) is 0 Å². The topological polar surface area (TPSA) is 24.9 Å². The van der Waals surface area contributed by atoms with Crippen LogP contribution in [0.1, 0.15) is 34.5 Å². The molecule has 0 bridgehead atoms. The van der Waals surface area contributed by atoms with Crippen LogP contribution in [0.15, 0.2) is 23.7 Å². The van der Waals surface area contributed by atoms with Crippen LogP contribution in [0.2, 0.25) is 0 Å². The molecule has 0 spiro atoms. The monoisotopic (exact) mass is 252 g/mol. The van der Waals surface area contributed by atoms with Crippen molar-refractivity contribution < 1.29 is 0 Å². The molecule has 0 atom stereocenters. The maximum absolute atomic E-state index is 4.41. The van der Waals surface area contributed by atoms with Crippen molar-refractivity contribution in [3.63, 3.8) is 0 Å². The Kier molecular flexibility index (Phi) is 4.09. The summed E-state index contributed by atoms with van der Waals surface area (Å²) < 4.78 is 0. The van der Waals surface area contributed by atoms with Crippen molar-refractivity contribution in [1.82, 2.24) is 10.3 Å². The minimum Gasteiger partial charge on any atom is -0.307 e. The number of hydrogen-bond acceptors (Lipinski definition) is 4. The molecule has 2 nitrogen and oxygen atoms in total. The predicted molar refractivity (Wildman–Crippen MR) is 71.1 cm³/mol. The zero-order valence-corrected chi connectivity index (χ0v) is 11.2. The Morgan fingerprint density at radius 1 is 1.31 bits per heavy atom. The molecular formula is C12H16N2S2. The number of rotatable bonds is 5. The first kappa shape index (κ1) is 11.8. The molecule has 2 aromatic rings. The fourth-order valence-corrected chi connectivity index (χ4v) is 2.96. The molecule has 0 saturated heterocycles. The summed E-state index contributed by atoms with van der Waals surface area (Å²) in [5.41, 5.74) is 0. The first-order valence-corrected chi connectivity index (χ1v) is 7.13. The summed E-state index contributed by atoms with van der Waals surface area (Å²) in [5, 5.41) is 6.78. The molecule has 0 aliphatic rings. The molecule has 0 fully saturated rings. The number of thiazole rings is 1. The molecule has 2 rings (SSSR count). The quantitative estimate of drug-likeness (QED) is 0.879. The largest absolute Gasteiger partial charge is 0.307 e. The van der Waals surface area contributed by atoms with Gasteiger partial charge in [0, 0.05) is 35.0 Å². The molecule has 0 saturated carbocycles. The van der Waals surface area contributed by atoms with Gasteiger partial charge in [-0.1, -0.05) is 19.9 Å². The first-order valence-electron chi connectivity index (χ1n) is 5.43. The second kappa shape index (κ2) is 5.57. The first-order chi connectivity index (χ1) is 7.75. The normalized spacial score (nSPS) is 11.2. The molecule has 2 aromatic heterocycles. The smallest absolute Gasteiger partial charge is 0.0953 e. The van der Waals surface area contributed by atoms with Gasteiger partial charge < -0.3 is 5.32 Å².